The van der Waals surface area contributed by atoms with E-state index in [1.807, 2.05) is 77.3 Å². The van der Waals surface area contributed by atoms with Gasteiger partial charge in [-0.2, -0.15) is 5.10 Å². The third-order valence-corrected chi connectivity index (χ3v) is 6.63. The summed E-state index contributed by atoms with van der Waals surface area (Å²) in [5, 5.41) is 7.81. The molecule has 2 aromatic carbocycles. The molecule has 0 bridgehead atoms. The lowest BCUT2D eigenvalue weighted by Gasteiger charge is -2.21. The first-order valence-electron chi connectivity index (χ1n) is 11.0. The summed E-state index contributed by atoms with van der Waals surface area (Å²) >= 11 is 1.64. The zero-order valence-corrected chi connectivity index (χ0v) is 19.2. The SMILES string of the molecule is COc1ccc(-c2nn(-c3ccccc3)cc2C(=O)N2CCCN(c3nccs3)CC2)cc1. The molecule has 0 N–H and O–H groups in total. The minimum Gasteiger partial charge on any atom is -0.497 e. The van der Waals surface area contributed by atoms with Crippen LogP contribution < -0.4 is 9.64 Å². The summed E-state index contributed by atoms with van der Waals surface area (Å²) in [6, 6.07) is 17.5. The number of carbonyl (C=O) groups is 1. The third-order valence-electron chi connectivity index (χ3n) is 5.80. The largest absolute Gasteiger partial charge is 0.497 e. The number of benzene rings is 2. The first-order valence-corrected chi connectivity index (χ1v) is 11.8. The first kappa shape index (κ1) is 21.2. The maximum atomic E-state index is 13.7. The van der Waals surface area contributed by atoms with E-state index in [0.29, 0.717) is 24.3 Å². The van der Waals surface area contributed by atoms with Crippen LogP contribution in [0.4, 0.5) is 5.13 Å². The van der Waals surface area contributed by atoms with Crippen molar-refractivity contribution in [2.45, 2.75) is 6.42 Å². The van der Waals surface area contributed by atoms with Crippen LogP contribution in [0.3, 0.4) is 0 Å². The molecule has 33 heavy (non-hydrogen) atoms. The van der Waals surface area contributed by atoms with Crippen molar-refractivity contribution >= 4 is 22.4 Å². The lowest BCUT2D eigenvalue weighted by atomic mass is 10.1. The molecule has 7 nitrogen and oxygen atoms in total. The Balaban J connectivity index is 1.46. The van der Waals surface area contributed by atoms with Crippen molar-refractivity contribution in [2.75, 3.05) is 38.2 Å². The molecule has 1 saturated heterocycles. The third kappa shape index (κ3) is 4.47. The minimum atomic E-state index is 0.00369. The second kappa shape index (κ2) is 9.46. The van der Waals surface area contributed by atoms with E-state index < -0.39 is 0 Å². The van der Waals surface area contributed by atoms with Crippen molar-refractivity contribution in [1.29, 1.82) is 0 Å². The average molecular weight is 460 g/mol. The quantitative estimate of drug-likeness (QED) is 0.444. The van der Waals surface area contributed by atoms with Crippen LogP contribution in [-0.4, -0.2) is 58.9 Å². The van der Waals surface area contributed by atoms with Crippen molar-refractivity contribution < 1.29 is 9.53 Å². The Kier molecular flexibility index (Phi) is 6.08. The number of thiazole rings is 1. The Labute approximate surface area is 196 Å². The maximum Gasteiger partial charge on any atom is 0.257 e. The fraction of sp³-hybridized carbons (Fsp3) is 0.240. The molecule has 0 radical (unpaired) electrons. The van der Waals surface area contributed by atoms with Gasteiger partial charge in [0.25, 0.3) is 5.91 Å². The van der Waals surface area contributed by atoms with E-state index in [1.165, 1.54) is 0 Å². The van der Waals surface area contributed by atoms with Gasteiger partial charge in [-0.1, -0.05) is 18.2 Å². The van der Waals surface area contributed by atoms with E-state index in [2.05, 4.69) is 9.88 Å². The molecule has 0 spiro atoms. The van der Waals surface area contributed by atoms with Crippen LogP contribution in [0.25, 0.3) is 16.9 Å². The fourth-order valence-electron chi connectivity index (χ4n) is 4.06. The summed E-state index contributed by atoms with van der Waals surface area (Å²) < 4.78 is 7.08. The molecule has 8 heteroatoms. The molecule has 3 heterocycles. The van der Waals surface area contributed by atoms with Crippen molar-refractivity contribution in [2.24, 2.45) is 0 Å². The van der Waals surface area contributed by atoms with Crippen LogP contribution in [0.1, 0.15) is 16.8 Å². The van der Waals surface area contributed by atoms with E-state index in [-0.39, 0.29) is 5.91 Å². The zero-order chi connectivity index (χ0) is 22.6. The predicted octanol–water partition coefficient (Wildman–Crippen LogP) is 4.36. The topological polar surface area (TPSA) is 63.5 Å². The standard InChI is InChI=1S/C25H25N5O2S/c1-32-21-10-8-19(9-11-21)23-22(18-30(27-23)20-6-3-2-4-7-20)24(31)28-13-5-14-29(16-15-28)25-26-12-17-33-25/h2-4,6-12,17-18H,5,13-16H2,1H3. The van der Waals surface area contributed by atoms with Gasteiger partial charge in [0.05, 0.1) is 18.4 Å². The normalized spacial score (nSPS) is 14.2. The van der Waals surface area contributed by atoms with Crippen molar-refractivity contribution in [3.63, 3.8) is 0 Å². The molecule has 0 unspecified atom stereocenters. The van der Waals surface area contributed by atoms with Gasteiger partial charge in [-0.3, -0.25) is 4.79 Å². The molecule has 168 valence electrons. The van der Waals surface area contributed by atoms with E-state index in [9.17, 15) is 4.79 Å². The number of methoxy groups -OCH3 is 1. The highest BCUT2D eigenvalue weighted by atomic mass is 32.1. The van der Waals surface area contributed by atoms with Crippen molar-refractivity contribution in [1.82, 2.24) is 19.7 Å². The predicted molar refractivity (Wildman–Crippen MR) is 130 cm³/mol. The second-order valence-corrected chi connectivity index (χ2v) is 8.72. The molecule has 2 aromatic heterocycles. The smallest absolute Gasteiger partial charge is 0.257 e. The maximum absolute atomic E-state index is 13.7. The van der Waals surface area contributed by atoms with Crippen molar-refractivity contribution in [3.8, 4) is 22.7 Å². The number of hydrogen-bond acceptors (Lipinski definition) is 6. The number of aromatic nitrogens is 3. The molecule has 5 rings (SSSR count). The molecule has 0 saturated carbocycles. The van der Waals surface area contributed by atoms with Crippen LogP contribution in [0.15, 0.2) is 72.4 Å². The van der Waals surface area contributed by atoms with Gasteiger partial charge in [-0.25, -0.2) is 9.67 Å². The summed E-state index contributed by atoms with van der Waals surface area (Å²) in [6.07, 6.45) is 4.57. The lowest BCUT2D eigenvalue weighted by Crippen LogP contribution is -2.35. The Morgan fingerprint density at radius 3 is 2.55 bits per heavy atom. The van der Waals surface area contributed by atoms with Gasteiger partial charge >= 0.3 is 0 Å². The first-order chi connectivity index (χ1) is 16.2. The van der Waals surface area contributed by atoms with Crippen LogP contribution in [-0.2, 0) is 0 Å². The Morgan fingerprint density at radius 1 is 1.00 bits per heavy atom. The molecule has 0 aliphatic carbocycles. The fourth-order valence-corrected chi connectivity index (χ4v) is 4.76. The molecular weight excluding hydrogens is 434 g/mol. The zero-order valence-electron chi connectivity index (χ0n) is 18.4. The number of anilines is 1. The Hall–Kier alpha value is -3.65. The van der Waals surface area contributed by atoms with Gasteiger partial charge in [0, 0.05) is 49.5 Å². The molecule has 1 aliphatic rings. The molecule has 1 aliphatic heterocycles. The van der Waals surface area contributed by atoms with Gasteiger partial charge in [0.1, 0.15) is 11.4 Å². The van der Waals surface area contributed by atoms with E-state index in [0.717, 1.165) is 41.6 Å². The highest BCUT2D eigenvalue weighted by Gasteiger charge is 2.26. The monoisotopic (exact) mass is 459 g/mol. The number of carbonyl (C=O) groups excluding carboxylic acids is 1. The average Bonchev–Trinajstić information content (AvgIpc) is 3.50. The number of nitrogens with zero attached hydrogens (tertiary/aromatic N) is 5. The van der Waals surface area contributed by atoms with Gasteiger partial charge in [-0.15, -0.1) is 11.3 Å². The Bertz CT molecular complexity index is 1210. The number of amides is 1. The van der Waals surface area contributed by atoms with Crippen LogP contribution in [0.2, 0.25) is 0 Å². The Morgan fingerprint density at radius 2 is 1.82 bits per heavy atom. The molecule has 1 amide bonds. The van der Waals surface area contributed by atoms with Crippen molar-refractivity contribution in [3.05, 3.63) is 77.9 Å². The lowest BCUT2D eigenvalue weighted by molar-refractivity contribution is 0.0768. The number of ether oxygens (including phenoxy) is 1. The highest BCUT2D eigenvalue weighted by molar-refractivity contribution is 7.13. The van der Waals surface area contributed by atoms with Gasteiger partial charge in [-0.05, 0) is 42.8 Å². The number of para-hydroxylation sites is 1. The van der Waals surface area contributed by atoms with Crippen LogP contribution >= 0.6 is 11.3 Å². The molecule has 0 atom stereocenters. The van der Waals surface area contributed by atoms with Crippen LogP contribution in [0.5, 0.6) is 5.75 Å². The van der Waals surface area contributed by atoms with Gasteiger partial charge in [0.2, 0.25) is 0 Å². The summed E-state index contributed by atoms with van der Waals surface area (Å²) in [6.45, 7) is 3.02. The number of hydrogen-bond donors (Lipinski definition) is 0. The summed E-state index contributed by atoms with van der Waals surface area (Å²) in [4.78, 5) is 22.4. The summed E-state index contributed by atoms with van der Waals surface area (Å²) in [5.74, 6) is 0.771. The van der Waals surface area contributed by atoms with Gasteiger partial charge < -0.3 is 14.5 Å². The highest BCUT2D eigenvalue weighted by Crippen LogP contribution is 2.27. The summed E-state index contributed by atoms with van der Waals surface area (Å²) in [5.41, 5.74) is 3.07. The minimum absolute atomic E-state index is 0.00369. The molecule has 4 aromatic rings. The van der Waals surface area contributed by atoms with E-state index in [1.54, 1.807) is 23.1 Å². The molecule has 1 fully saturated rings. The summed E-state index contributed by atoms with van der Waals surface area (Å²) in [7, 11) is 1.64. The number of rotatable bonds is 5. The second-order valence-electron chi connectivity index (χ2n) is 7.85. The van der Waals surface area contributed by atoms with Crippen LogP contribution in [0, 0.1) is 0 Å². The van der Waals surface area contributed by atoms with E-state index in [4.69, 9.17) is 9.84 Å². The molecular formula is C25H25N5O2S. The van der Waals surface area contributed by atoms with E-state index >= 15 is 0 Å². The van der Waals surface area contributed by atoms with Gasteiger partial charge in [0.15, 0.2) is 5.13 Å².